The van der Waals surface area contributed by atoms with Crippen molar-refractivity contribution in [1.29, 1.82) is 0 Å². The van der Waals surface area contributed by atoms with Gasteiger partial charge in [-0.2, -0.15) is 0 Å². The van der Waals surface area contributed by atoms with Gasteiger partial charge in [0.05, 0.1) is 11.9 Å². The summed E-state index contributed by atoms with van der Waals surface area (Å²) in [5, 5.41) is 0. The number of rotatable bonds is 9. The van der Waals surface area contributed by atoms with Crippen LogP contribution in [0, 0.1) is 0 Å². The van der Waals surface area contributed by atoms with Crippen molar-refractivity contribution in [3.63, 3.8) is 0 Å². The normalized spacial score (nSPS) is 18.1. The quantitative estimate of drug-likeness (QED) is 0.525. The lowest BCUT2D eigenvalue weighted by molar-refractivity contribution is 0.0278. The third-order valence-corrected chi connectivity index (χ3v) is 4.83. The summed E-state index contributed by atoms with van der Waals surface area (Å²) in [4.78, 5) is 0. The molecule has 0 bridgehead atoms. The summed E-state index contributed by atoms with van der Waals surface area (Å²) >= 11 is 5.47. The van der Waals surface area contributed by atoms with Crippen LogP contribution in [0.2, 0.25) is 0 Å². The molecule has 0 saturated heterocycles. The highest BCUT2D eigenvalue weighted by Gasteiger charge is 2.13. The Kier molecular flexibility index (Phi) is 8.22. The van der Waals surface area contributed by atoms with E-state index in [0.29, 0.717) is 31.6 Å². The van der Waals surface area contributed by atoms with Crippen molar-refractivity contribution in [1.82, 2.24) is 4.72 Å². The van der Waals surface area contributed by atoms with Gasteiger partial charge in [-0.15, -0.1) is 11.6 Å². The maximum atomic E-state index is 11.4. The van der Waals surface area contributed by atoms with Crippen molar-refractivity contribution in [2.45, 2.75) is 51.0 Å². The average molecular weight is 298 g/mol. The van der Waals surface area contributed by atoms with E-state index in [1.165, 1.54) is 19.3 Å². The Morgan fingerprint density at radius 1 is 1.17 bits per heavy atom. The van der Waals surface area contributed by atoms with Crippen LogP contribution in [-0.2, 0) is 14.8 Å². The number of hydrogen-bond donors (Lipinski definition) is 1. The third-order valence-electron chi connectivity index (χ3n) is 3.10. The standard InChI is InChI=1S/C12H24ClNO3S/c13-8-4-11-18(15,16)14-9-5-10-17-12-6-2-1-3-7-12/h12,14H,1-11H2. The van der Waals surface area contributed by atoms with Crippen LogP contribution in [0.4, 0.5) is 0 Å². The van der Waals surface area contributed by atoms with Crippen molar-refractivity contribution in [2.24, 2.45) is 0 Å². The van der Waals surface area contributed by atoms with Crippen LogP contribution in [0.5, 0.6) is 0 Å². The van der Waals surface area contributed by atoms with Crippen LogP contribution in [0.1, 0.15) is 44.9 Å². The van der Waals surface area contributed by atoms with Gasteiger partial charge in [0, 0.05) is 19.0 Å². The van der Waals surface area contributed by atoms with Gasteiger partial charge >= 0.3 is 0 Å². The van der Waals surface area contributed by atoms with Gasteiger partial charge in [-0.05, 0) is 25.7 Å². The summed E-state index contributed by atoms with van der Waals surface area (Å²) in [5.41, 5.74) is 0. The van der Waals surface area contributed by atoms with Gasteiger partial charge in [0.2, 0.25) is 10.0 Å². The maximum absolute atomic E-state index is 11.4. The number of hydrogen-bond acceptors (Lipinski definition) is 3. The van der Waals surface area contributed by atoms with E-state index in [2.05, 4.69) is 4.72 Å². The Morgan fingerprint density at radius 2 is 1.89 bits per heavy atom. The SMILES string of the molecule is O=S(=O)(CCCCl)NCCCOC1CCCCC1. The van der Waals surface area contributed by atoms with E-state index in [1.807, 2.05) is 0 Å². The van der Waals surface area contributed by atoms with E-state index >= 15 is 0 Å². The first-order valence-electron chi connectivity index (χ1n) is 6.79. The second-order valence-electron chi connectivity index (χ2n) is 4.74. The molecule has 0 unspecified atom stereocenters. The van der Waals surface area contributed by atoms with Gasteiger partial charge in [-0.25, -0.2) is 13.1 Å². The molecule has 0 heterocycles. The fourth-order valence-corrected chi connectivity index (χ4v) is 3.51. The third kappa shape index (κ3) is 7.56. The number of sulfonamides is 1. The zero-order chi connectivity index (χ0) is 13.3. The van der Waals surface area contributed by atoms with Gasteiger partial charge in [-0.3, -0.25) is 0 Å². The van der Waals surface area contributed by atoms with Crippen LogP contribution in [-0.4, -0.2) is 39.3 Å². The topological polar surface area (TPSA) is 55.4 Å². The molecule has 0 spiro atoms. The molecule has 1 aliphatic carbocycles. The minimum absolute atomic E-state index is 0.111. The van der Waals surface area contributed by atoms with E-state index in [9.17, 15) is 8.42 Å². The highest BCUT2D eigenvalue weighted by atomic mass is 35.5. The summed E-state index contributed by atoms with van der Waals surface area (Å²) in [7, 11) is -3.14. The van der Waals surface area contributed by atoms with Crippen molar-refractivity contribution in [3.05, 3.63) is 0 Å². The Morgan fingerprint density at radius 3 is 2.56 bits per heavy atom. The molecule has 0 aromatic carbocycles. The molecular formula is C12H24ClNO3S. The zero-order valence-electron chi connectivity index (χ0n) is 10.9. The first-order chi connectivity index (χ1) is 8.64. The second-order valence-corrected chi connectivity index (χ2v) is 7.04. The smallest absolute Gasteiger partial charge is 0.211 e. The molecule has 6 heteroatoms. The predicted molar refractivity (Wildman–Crippen MR) is 74.6 cm³/mol. The number of ether oxygens (including phenoxy) is 1. The largest absolute Gasteiger partial charge is 0.378 e. The molecule has 1 saturated carbocycles. The molecule has 0 atom stereocenters. The molecule has 108 valence electrons. The van der Waals surface area contributed by atoms with Crippen LogP contribution in [0.25, 0.3) is 0 Å². The van der Waals surface area contributed by atoms with Crippen molar-refractivity contribution in [3.8, 4) is 0 Å². The summed E-state index contributed by atoms with van der Waals surface area (Å²) in [6.45, 7) is 1.10. The lowest BCUT2D eigenvalue weighted by Gasteiger charge is -2.21. The molecule has 0 radical (unpaired) electrons. The van der Waals surface area contributed by atoms with E-state index in [-0.39, 0.29) is 5.75 Å². The first-order valence-corrected chi connectivity index (χ1v) is 8.97. The fraction of sp³-hybridized carbons (Fsp3) is 1.00. The molecule has 0 aromatic rings. The van der Waals surface area contributed by atoms with Crippen molar-refractivity contribution in [2.75, 3.05) is 24.8 Å². The maximum Gasteiger partial charge on any atom is 0.211 e. The average Bonchev–Trinajstić information content (AvgIpc) is 2.37. The van der Waals surface area contributed by atoms with Gasteiger partial charge in [0.1, 0.15) is 0 Å². The minimum atomic E-state index is -3.14. The molecule has 0 aliphatic heterocycles. The first kappa shape index (κ1) is 16.2. The van der Waals surface area contributed by atoms with E-state index in [1.54, 1.807) is 0 Å². The molecule has 4 nitrogen and oxygen atoms in total. The molecule has 0 amide bonds. The molecule has 1 aliphatic rings. The number of nitrogens with one attached hydrogen (secondary N) is 1. The number of halogens is 1. The summed E-state index contributed by atoms with van der Waals surface area (Å²) < 4.78 is 31.2. The predicted octanol–water partition coefficient (Wildman–Crippen LogP) is 2.27. The van der Waals surface area contributed by atoms with Gasteiger partial charge in [0.15, 0.2) is 0 Å². The van der Waals surface area contributed by atoms with Gasteiger partial charge in [-0.1, -0.05) is 19.3 Å². The highest BCUT2D eigenvalue weighted by Crippen LogP contribution is 2.20. The molecule has 1 N–H and O–H groups in total. The Bertz CT molecular complexity index is 302. The molecule has 1 rings (SSSR count). The van der Waals surface area contributed by atoms with Crippen molar-refractivity contribution < 1.29 is 13.2 Å². The van der Waals surface area contributed by atoms with Crippen LogP contribution in [0.3, 0.4) is 0 Å². The van der Waals surface area contributed by atoms with Gasteiger partial charge < -0.3 is 4.74 Å². The van der Waals surface area contributed by atoms with Crippen molar-refractivity contribution >= 4 is 21.6 Å². The van der Waals surface area contributed by atoms with Crippen LogP contribution >= 0.6 is 11.6 Å². The highest BCUT2D eigenvalue weighted by molar-refractivity contribution is 7.89. The Balaban J connectivity index is 2.00. The lowest BCUT2D eigenvalue weighted by atomic mass is 9.98. The lowest BCUT2D eigenvalue weighted by Crippen LogP contribution is -2.28. The summed E-state index contributed by atoms with van der Waals surface area (Å²) in [6.07, 6.45) is 7.77. The molecule has 0 aromatic heterocycles. The Labute approximate surface area is 115 Å². The molecule has 1 fully saturated rings. The molecule has 18 heavy (non-hydrogen) atoms. The van der Waals surface area contributed by atoms with Gasteiger partial charge in [0.25, 0.3) is 0 Å². The van der Waals surface area contributed by atoms with Crippen LogP contribution in [0.15, 0.2) is 0 Å². The Hall–Kier alpha value is 0.160. The minimum Gasteiger partial charge on any atom is -0.378 e. The zero-order valence-corrected chi connectivity index (χ0v) is 12.4. The van der Waals surface area contributed by atoms with E-state index in [4.69, 9.17) is 16.3 Å². The van der Waals surface area contributed by atoms with Crippen LogP contribution < -0.4 is 4.72 Å². The fourth-order valence-electron chi connectivity index (χ4n) is 2.10. The van der Waals surface area contributed by atoms with E-state index in [0.717, 1.165) is 19.3 Å². The summed E-state index contributed by atoms with van der Waals surface area (Å²) in [6, 6.07) is 0. The molecular weight excluding hydrogens is 274 g/mol. The second kappa shape index (κ2) is 9.13. The van der Waals surface area contributed by atoms with E-state index < -0.39 is 10.0 Å². The number of alkyl halides is 1. The monoisotopic (exact) mass is 297 g/mol. The summed E-state index contributed by atoms with van der Waals surface area (Å²) in [5.74, 6) is 0.492.